The maximum Gasteiger partial charge on any atom is 0.106 e. The van der Waals surface area contributed by atoms with Crippen molar-refractivity contribution in [1.82, 2.24) is 0 Å². The highest BCUT2D eigenvalue weighted by Crippen LogP contribution is 2.26. The summed E-state index contributed by atoms with van der Waals surface area (Å²) in [6.07, 6.45) is 5.59. The van der Waals surface area contributed by atoms with Crippen LogP contribution in [0.5, 0.6) is 0 Å². The quantitative estimate of drug-likeness (QED) is 0.477. The molecule has 0 aromatic heterocycles. The number of hydrogen-bond acceptors (Lipinski definition) is 3. The molecule has 2 aromatic carbocycles. The van der Waals surface area contributed by atoms with Crippen molar-refractivity contribution < 1.29 is 9.57 Å². The van der Waals surface area contributed by atoms with E-state index >= 15 is 0 Å². The van der Waals surface area contributed by atoms with Gasteiger partial charge in [0.05, 0.1) is 19.4 Å². The van der Waals surface area contributed by atoms with Gasteiger partial charge in [-0.25, -0.2) is 0 Å². The van der Waals surface area contributed by atoms with Gasteiger partial charge in [-0.15, -0.1) is 0 Å². The molecule has 0 fully saturated rings. The molecule has 0 aliphatic heterocycles. The van der Waals surface area contributed by atoms with Gasteiger partial charge in [0.15, 0.2) is 0 Å². The van der Waals surface area contributed by atoms with Crippen LogP contribution in [0.4, 0.5) is 0 Å². The van der Waals surface area contributed by atoms with Gasteiger partial charge < -0.3 is 9.57 Å². The van der Waals surface area contributed by atoms with Gasteiger partial charge in [0.25, 0.3) is 0 Å². The van der Waals surface area contributed by atoms with Crippen LogP contribution in [-0.2, 0) is 16.2 Å². The smallest absolute Gasteiger partial charge is 0.106 e. The third-order valence-corrected chi connectivity index (χ3v) is 4.06. The molecule has 2 aromatic rings. The van der Waals surface area contributed by atoms with E-state index in [-0.39, 0.29) is 5.41 Å². The zero-order chi connectivity index (χ0) is 18.1. The number of ether oxygens (including phenoxy) is 1. The Bertz CT molecular complexity index is 718. The molecular weight excluding hydrogens is 310 g/mol. The normalized spacial score (nSPS) is 12.2. The molecule has 3 nitrogen and oxygen atoms in total. The molecule has 0 amide bonds. The molecule has 0 N–H and O–H groups in total. The van der Waals surface area contributed by atoms with Crippen LogP contribution in [0, 0.1) is 12.3 Å². The first-order valence-electron chi connectivity index (χ1n) is 8.49. The number of nitrogens with zero attached hydrogens (tertiary/aromatic N) is 1. The van der Waals surface area contributed by atoms with Crippen LogP contribution in [0.25, 0.3) is 11.1 Å². The Labute approximate surface area is 151 Å². The van der Waals surface area contributed by atoms with Crippen LogP contribution in [-0.4, -0.2) is 19.9 Å². The Kier molecular flexibility index (Phi) is 6.96. The van der Waals surface area contributed by atoms with Crippen molar-refractivity contribution in [2.75, 3.05) is 13.7 Å². The monoisotopic (exact) mass is 337 g/mol. The van der Waals surface area contributed by atoms with Crippen LogP contribution in [0.3, 0.4) is 0 Å². The van der Waals surface area contributed by atoms with Gasteiger partial charge in [-0.2, -0.15) is 0 Å². The lowest BCUT2D eigenvalue weighted by Crippen LogP contribution is -2.16. The molecule has 25 heavy (non-hydrogen) atoms. The van der Waals surface area contributed by atoms with Gasteiger partial charge in [-0.3, -0.25) is 0 Å². The molecule has 2 rings (SSSR count). The Morgan fingerprint density at radius 2 is 1.80 bits per heavy atom. The Balaban J connectivity index is 2.00. The van der Waals surface area contributed by atoms with Crippen molar-refractivity contribution in [3.05, 3.63) is 71.8 Å². The van der Waals surface area contributed by atoms with E-state index in [1.807, 2.05) is 12.1 Å². The van der Waals surface area contributed by atoms with Crippen molar-refractivity contribution in [3.8, 4) is 11.1 Å². The predicted molar refractivity (Wildman–Crippen MR) is 105 cm³/mol. The molecule has 0 atom stereocenters. The SMILES string of the molecule is CON=CC=CC(C)(C)COCc1cccc(-c2ccccc2)c1C. The second kappa shape index (κ2) is 9.19. The van der Waals surface area contributed by atoms with E-state index in [1.165, 1.54) is 29.4 Å². The molecule has 0 bridgehead atoms. The topological polar surface area (TPSA) is 30.8 Å². The van der Waals surface area contributed by atoms with E-state index in [1.54, 1.807) is 6.21 Å². The van der Waals surface area contributed by atoms with Crippen molar-refractivity contribution in [2.45, 2.75) is 27.4 Å². The third kappa shape index (κ3) is 5.87. The van der Waals surface area contributed by atoms with Gasteiger partial charge in [-0.1, -0.05) is 73.6 Å². The van der Waals surface area contributed by atoms with Crippen molar-refractivity contribution >= 4 is 6.21 Å². The van der Waals surface area contributed by atoms with E-state index < -0.39 is 0 Å². The second-order valence-corrected chi connectivity index (χ2v) is 6.73. The van der Waals surface area contributed by atoms with Crippen LogP contribution in [0.2, 0.25) is 0 Å². The van der Waals surface area contributed by atoms with Crippen LogP contribution in [0.15, 0.2) is 65.8 Å². The van der Waals surface area contributed by atoms with Gasteiger partial charge in [0, 0.05) is 5.41 Å². The molecule has 0 heterocycles. The lowest BCUT2D eigenvalue weighted by molar-refractivity contribution is 0.0715. The predicted octanol–water partition coefficient (Wildman–Crippen LogP) is 5.39. The largest absolute Gasteiger partial charge is 0.399 e. The van der Waals surface area contributed by atoms with E-state index in [2.05, 4.69) is 79.3 Å². The summed E-state index contributed by atoms with van der Waals surface area (Å²) in [6.45, 7) is 7.68. The van der Waals surface area contributed by atoms with Crippen LogP contribution < -0.4 is 0 Å². The number of rotatable bonds is 8. The minimum Gasteiger partial charge on any atom is -0.399 e. The fourth-order valence-corrected chi connectivity index (χ4v) is 2.64. The summed E-state index contributed by atoms with van der Waals surface area (Å²) in [7, 11) is 1.53. The average Bonchev–Trinajstić information content (AvgIpc) is 2.61. The highest BCUT2D eigenvalue weighted by atomic mass is 16.6. The summed E-state index contributed by atoms with van der Waals surface area (Å²) in [6, 6.07) is 16.9. The molecule has 0 aliphatic carbocycles. The molecular formula is C22H27NO2. The average molecular weight is 337 g/mol. The number of allylic oxidation sites excluding steroid dienone is 1. The number of oxime groups is 1. The Hall–Kier alpha value is -2.39. The molecule has 0 aliphatic rings. The fraction of sp³-hybridized carbons (Fsp3) is 0.318. The highest BCUT2D eigenvalue weighted by molar-refractivity contribution is 5.70. The molecule has 0 saturated carbocycles. The molecule has 0 radical (unpaired) electrons. The summed E-state index contributed by atoms with van der Waals surface area (Å²) in [5.41, 5.74) is 4.93. The van der Waals surface area contributed by atoms with Gasteiger partial charge >= 0.3 is 0 Å². The van der Waals surface area contributed by atoms with Crippen molar-refractivity contribution in [3.63, 3.8) is 0 Å². The van der Waals surface area contributed by atoms with E-state index in [0.717, 1.165) is 0 Å². The summed E-state index contributed by atoms with van der Waals surface area (Å²) in [4.78, 5) is 4.64. The number of benzene rings is 2. The van der Waals surface area contributed by atoms with Crippen molar-refractivity contribution in [1.29, 1.82) is 0 Å². The van der Waals surface area contributed by atoms with Crippen LogP contribution >= 0.6 is 0 Å². The zero-order valence-electron chi connectivity index (χ0n) is 15.5. The van der Waals surface area contributed by atoms with E-state index in [4.69, 9.17) is 4.74 Å². The molecule has 0 spiro atoms. The molecule has 0 unspecified atom stereocenters. The highest BCUT2D eigenvalue weighted by Gasteiger charge is 2.14. The van der Waals surface area contributed by atoms with Gasteiger partial charge in [-0.05, 0) is 35.3 Å². The fourth-order valence-electron chi connectivity index (χ4n) is 2.64. The zero-order valence-corrected chi connectivity index (χ0v) is 15.5. The summed E-state index contributed by atoms with van der Waals surface area (Å²) in [5, 5.41) is 3.70. The summed E-state index contributed by atoms with van der Waals surface area (Å²) >= 11 is 0. The first-order valence-corrected chi connectivity index (χ1v) is 8.49. The van der Waals surface area contributed by atoms with E-state index in [9.17, 15) is 0 Å². The second-order valence-electron chi connectivity index (χ2n) is 6.73. The summed E-state index contributed by atoms with van der Waals surface area (Å²) < 4.78 is 5.99. The maximum atomic E-state index is 5.99. The number of hydrogen-bond donors (Lipinski definition) is 0. The van der Waals surface area contributed by atoms with E-state index in [0.29, 0.717) is 13.2 Å². The van der Waals surface area contributed by atoms with Gasteiger partial charge in [0.1, 0.15) is 7.11 Å². The minimum atomic E-state index is -0.0648. The first-order chi connectivity index (χ1) is 12.0. The standard InChI is InChI=1S/C22H27NO2/c1-18-20(12-8-13-21(18)19-10-6-5-7-11-19)16-25-17-22(2,3)14-9-15-23-24-4/h5-15H,16-17H2,1-4H3. The molecule has 3 heteroatoms. The molecule has 132 valence electrons. The lowest BCUT2D eigenvalue weighted by atomic mass is 9.94. The maximum absolute atomic E-state index is 5.99. The lowest BCUT2D eigenvalue weighted by Gasteiger charge is -2.20. The van der Waals surface area contributed by atoms with Gasteiger partial charge in [0.2, 0.25) is 0 Å². The first kappa shape index (κ1) is 18.9. The van der Waals surface area contributed by atoms with Crippen molar-refractivity contribution in [2.24, 2.45) is 10.6 Å². The minimum absolute atomic E-state index is 0.0648. The third-order valence-electron chi connectivity index (χ3n) is 4.06. The Morgan fingerprint density at radius 3 is 2.52 bits per heavy atom. The van der Waals surface area contributed by atoms with Crippen LogP contribution in [0.1, 0.15) is 25.0 Å². The Morgan fingerprint density at radius 1 is 1.04 bits per heavy atom. The summed E-state index contributed by atoms with van der Waals surface area (Å²) in [5.74, 6) is 0. The molecule has 0 saturated heterocycles.